The molecule has 2 atom stereocenters. The van der Waals surface area contributed by atoms with Gasteiger partial charge in [-0.05, 0) is 48.4 Å². The molecule has 2 unspecified atom stereocenters. The largest absolute Gasteiger partial charge is 0.325 e. The molecule has 0 bridgehead atoms. The van der Waals surface area contributed by atoms with E-state index in [1.807, 2.05) is 18.2 Å². The van der Waals surface area contributed by atoms with Crippen molar-refractivity contribution >= 4 is 11.6 Å². The lowest BCUT2D eigenvalue weighted by molar-refractivity contribution is -0.117. The second-order valence-electron chi connectivity index (χ2n) is 5.09. The predicted molar refractivity (Wildman–Crippen MR) is 81.4 cm³/mol. The van der Waals surface area contributed by atoms with Crippen molar-refractivity contribution in [2.24, 2.45) is 0 Å². The third kappa shape index (κ3) is 3.11. The molecule has 6 nitrogen and oxygen atoms in total. The lowest BCUT2D eigenvalue weighted by Gasteiger charge is -2.10. The minimum absolute atomic E-state index is 0.0831. The number of nitrogens with zero attached hydrogens (tertiary/aromatic N) is 2. The fourth-order valence-electron chi connectivity index (χ4n) is 2.40. The fourth-order valence-corrected chi connectivity index (χ4v) is 2.40. The molecule has 1 amide bonds. The first-order chi connectivity index (χ1) is 10.8. The van der Waals surface area contributed by atoms with Crippen LogP contribution in [0.5, 0.6) is 0 Å². The fraction of sp³-hybridized carbons (Fsp3) is 0.188. The number of benzene rings is 1. The Balaban J connectivity index is 1.60. The van der Waals surface area contributed by atoms with Crippen molar-refractivity contribution in [1.82, 2.24) is 15.8 Å². The van der Waals surface area contributed by atoms with Gasteiger partial charge in [-0.3, -0.25) is 9.78 Å². The molecule has 110 valence electrons. The average Bonchev–Trinajstić information content (AvgIpc) is 3.06. The highest BCUT2D eigenvalue weighted by Crippen LogP contribution is 2.22. The maximum Gasteiger partial charge on any atom is 0.242 e. The number of nitrogens with one attached hydrogen (secondary N) is 3. The number of aromatic nitrogens is 1. The number of pyridine rings is 1. The Morgan fingerprint density at radius 2 is 1.91 bits per heavy atom. The Morgan fingerprint density at radius 3 is 2.59 bits per heavy atom. The molecule has 2 aromatic rings. The number of hydrogen-bond donors (Lipinski definition) is 3. The highest BCUT2D eigenvalue weighted by molar-refractivity contribution is 5.95. The first-order valence-corrected chi connectivity index (χ1v) is 6.98. The van der Waals surface area contributed by atoms with E-state index in [-0.39, 0.29) is 18.0 Å². The van der Waals surface area contributed by atoms with Crippen LogP contribution in [0.1, 0.15) is 23.6 Å². The zero-order chi connectivity index (χ0) is 15.4. The number of anilines is 1. The Bertz CT molecular complexity index is 693. The van der Waals surface area contributed by atoms with Crippen LogP contribution in [-0.4, -0.2) is 16.9 Å². The van der Waals surface area contributed by atoms with Crippen LogP contribution in [0, 0.1) is 11.3 Å². The van der Waals surface area contributed by atoms with Gasteiger partial charge in [-0.25, -0.2) is 10.9 Å². The Morgan fingerprint density at radius 1 is 1.18 bits per heavy atom. The van der Waals surface area contributed by atoms with Gasteiger partial charge < -0.3 is 5.32 Å². The van der Waals surface area contributed by atoms with E-state index in [9.17, 15) is 4.79 Å². The maximum absolute atomic E-state index is 12.3. The first-order valence-electron chi connectivity index (χ1n) is 6.98. The molecule has 1 aliphatic rings. The smallest absolute Gasteiger partial charge is 0.242 e. The number of carbonyl (C=O) groups is 1. The van der Waals surface area contributed by atoms with Crippen LogP contribution in [0.3, 0.4) is 0 Å². The molecule has 0 radical (unpaired) electrons. The quantitative estimate of drug-likeness (QED) is 0.798. The van der Waals surface area contributed by atoms with Gasteiger partial charge in [0.05, 0.1) is 11.6 Å². The lowest BCUT2D eigenvalue weighted by Crippen LogP contribution is -2.39. The molecule has 1 aliphatic heterocycles. The summed E-state index contributed by atoms with van der Waals surface area (Å²) in [5.74, 6) is -0.103. The molecule has 6 heteroatoms. The normalized spacial score (nSPS) is 20.3. The molecule has 3 rings (SSSR count). The van der Waals surface area contributed by atoms with Crippen LogP contribution in [0.25, 0.3) is 0 Å². The van der Waals surface area contributed by atoms with E-state index < -0.39 is 0 Å². The monoisotopic (exact) mass is 293 g/mol. The van der Waals surface area contributed by atoms with Gasteiger partial charge in [0, 0.05) is 24.1 Å². The summed E-state index contributed by atoms with van der Waals surface area (Å²) in [6.45, 7) is 0. The predicted octanol–water partition coefficient (Wildman–Crippen LogP) is 1.50. The molecule has 1 fully saturated rings. The Labute approximate surface area is 128 Å². The minimum atomic E-state index is -0.311. The average molecular weight is 293 g/mol. The number of nitriles is 1. The van der Waals surface area contributed by atoms with E-state index in [1.165, 1.54) is 0 Å². The summed E-state index contributed by atoms with van der Waals surface area (Å²) < 4.78 is 0. The van der Waals surface area contributed by atoms with E-state index in [1.54, 1.807) is 36.7 Å². The molecule has 0 aliphatic carbocycles. The molecule has 1 aromatic heterocycles. The van der Waals surface area contributed by atoms with E-state index in [4.69, 9.17) is 5.26 Å². The summed E-state index contributed by atoms with van der Waals surface area (Å²) in [5.41, 5.74) is 8.48. The highest BCUT2D eigenvalue weighted by atomic mass is 16.2. The van der Waals surface area contributed by atoms with Crippen molar-refractivity contribution in [2.45, 2.75) is 18.5 Å². The van der Waals surface area contributed by atoms with Gasteiger partial charge in [0.25, 0.3) is 0 Å². The van der Waals surface area contributed by atoms with Crippen LogP contribution >= 0.6 is 0 Å². The van der Waals surface area contributed by atoms with Gasteiger partial charge >= 0.3 is 0 Å². The topological polar surface area (TPSA) is 89.8 Å². The van der Waals surface area contributed by atoms with Gasteiger partial charge in [-0.1, -0.05) is 0 Å². The summed E-state index contributed by atoms with van der Waals surface area (Å²) in [5, 5.41) is 11.6. The van der Waals surface area contributed by atoms with Crippen molar-refractivity contribution in [3.05, 3.63) is 59.9 Å². The van der Waals surface area contributed by atoms with Crippen molar-refractivity contribution < 1.29 is 4.79 Å². The standard InChI is InChI=1S/C16H15N5O/c17-10-11-1-3-13(4-2-11)19-16(22)15-9-14(20-21-15)12-5-7-18-8-6-12/h1-8,14-15,20-21H,9H2,(H,19,22). The maximum atomic E-state index is 12.3. The van der Waals surface area contributed by atoms with Crippen molar-refractivity contribution in [3.8, 4) is 6.07 Å². The van der Waals surface area contributed by atoms with Crippen LogP contribution in [0.2, 0.25) is 0 Å². The zero-order valence-corrected chi connectivity index (χ0v) is 11.8. The van der Waals surface area contributed by atoms with E-state index in [0.29, 0.717) is 17.7 Å². The molecular formula is C16H15N5O. The van der Waals surface area contributed by atoms with Gasteiger partial charge in [-0.15, -0.1) is 0 Å². The second kappa shape index (κ2) is 6.35. The van der Waals surface area contributed by atoms with Crippen molar-refractivity contribution in [1.29, 1.82) is 5.26 Å². The number of carbonyl (C=O) groups excluding carboxylic acids is 1. The number of amides is 1. The van der Waals surface area contributed by atoms with Crippen LogP contribution < -0.4 is 16.2 Å². The summed E-state index contributed by atoms with van der Waals surface area (Å²) in [6, 6.07) is 12.5. The number of hydrogen-bond acceptors (Lipinski definition) is 5. The van der Waals surface area contributed by atoms with Crippen molar-refractivity contribution in [2.75, 3.05) is 5.32 Å². The highest BCUT2D eigenvalue weighted by Gasteiger charge is 2.30. The summed E-state index contributed by atoms with van der Waals surface area (Å²) >= 11 is 0. The third-order valence-electron chi connectivity index (χ3n) is 3.61. The van der Waals surface area contributed by atoms with E-state index in [0.717, 1.165) is 5.56 Å². The van der Waals surface area contributed by atoms with Gasteiger partial charge in [0.1, 0.15) is 6.04 Å². The zero-order valence-electron chi connectivity index (χ0n) is 11.8. The van der Waals surface area contributed by atoms with Gasteiger partial charge in [0.2, 0.25) is 5.91 Å². The van der Waals surface area contributed by atoms with E-state index in [2.05, 4.69) is 21.2 Å². The molecular weight excluding hydrogens is 278 g/mol. The molecule has 3 N–H and O–H groups in total. The molecule has 2 heterocycles. The number of hydrazine groups is 1. The third-order valence-corrected chi connectivity index (χ3v) is 3.61. The second-order valence-corrected chi connectivity index (χ2v) is 5.09. The molecule has 0 saturated carbocycles. The summed E-state index contributed by atoms with van der Waals surface area (Å²) in [6.07, 6.45) is 4.13. The van der Waals surface area contributed by atoms with Gasteiger partial charge in [0.15, 0.2) is 0 Å². The molecule has 1 aromatic carbocycles. The summed E-state index contributed by atoms with van der Waals surface area (Å²) in [4.78, 5) is 16.2. The van der Waals surface area contributed by atoms with Crippen LogP contribution in [0.4, 0.5) is 5.69 Å². The van der Waals surface area contributed by atoms with E-state index >= 15 is 0 Å². The molecule has 1 saturated heterocycles. The molecule has 22 heavy (non-hydrogen) atoms. The molecule has 0 spiro atoms. The van der Waals surface area contributed by atoms with Crippen LogP contribution in [0.15, 0.2) is 48.8 Å². The SMILES string of the molecule is N#Cc1ccc(NC(=O)C2CC(c3ccncc3)NN2)cc1. The number of rotatable bonds is 3. The lowest BCUT2D eigenvalue weighted by atomic mass is 10.0. The van der Waals surface area contributed by atoms with Crippen LogP contribution in [-0.2, 0) is 4.79 Å². The van der Waals surface area contributed by atoms with Crippen molar-refractivity contribution in [3.63, 3.8) is 0 Å². The minimum Gasteiger partial charge on any atom is -0.325 e. The first kappa shape index (κ1) is 14.2. The summed E-state index contributed by atoms with van der Waals surface area (Å²) in [7, 11) is 0. The Hall–Kier alpha value is -2.75. The Kier molecular flexibility index (Phi) is 4.10. The van der Waals surface area contributed by atoms with Gasteiger partial charge in [-0.2, -0.15) is 5.26 Å².